The number of hydrogen-bond donors (Lipinski definition) is 1. The van der Waals surface area contributed by atoms with E-state index in [1.165, 1.54) is 25.7 Å². The summed E-state index contributed by atoms with van der Waals surface area (Å²) in [4.78, 5) is 15.7. The monoisotopic (exact) mass is 318 g/mol. The molecular formula is C16H19ClN4O. The number of halogens is 1. The minimum absolute atomic E-state index is 0.245. The van der Waals surface area contributed by atoms with Gasteiger partial charge in [-0.1, -0.05) is 24.4 Å². The fourth-order valence-corrected chi connectivity index (χ4v) is 3.23. The Bertz CT molecular complexity index is 677. The van der Waals surface area contributed by atoms with Crippen molar-refractivity contribution in [3.8, 4) is 11.1 Å². The summed E-state index contributed by atoms with van der Waals surface area (Å²) in [7, 11) is 1.57. The van der Waals surface area contributed by atoms with E-state index in [1.54, 1.807) is 19.3 Å². The molecule has 1 amide bonds. The molecule has 2 aromatic heterocycles. The predicted octanol–water partition coefficient (Wildman–Crippen LogP) is 3.15. The molecule has 0 aliphatic heterocycles. The number of rotatable bonds is 4. The molecule has 0 atom stereocenters. The molecule has 0 saturated heterocycles. The molecule has 6 heteroatoms. The third-order valence-corrected chi connectivity index (χ3v) is 4.46. The van der Waals surface area contributed by atoms with Crippen molar-refractivity contribution in [2.24, 2.45) is 5.92 Å². The average Bonchev–Trinajstić information content (AvgIpc) is 3.19. The molecule has 0 bridgehead atoms. The predicted molar refractivity (Wildman–Crippen MR) is 85.8 cm³/mol. The van der Waals surface area contributed by atoms with Gasteiger partial charge in [0.25, 0.3) is 5.91 Å². The second-order valence-corrected chi connectivity index (χ2v) is 6.07. The molecule has 1 N–H and O–H groups in total. The number of hydrogen-bond acceptors (Lipinski definition) is 3. The van der Waals surface area contributed by atoms with E-state index in [4.69, 9.17) is 11.6 Å². The average molecular weight is 319 g/mol. The lowest BCUT2D eigenvalue weighted by Gasteiger charge is -2.08. The van der Waals surface area contributed by atoms with Crippen LogP contribution >= 0.6 is 11.6 Å². The first-order valence-corrected chi connectivity index (χ1v) is 7.96. The maximum Gasteiger partial charge on any atom is 0.269 e. The maximum absolute atomic E-state index is 11.6. The number of pyridine rings is 1. The third kappa shape index (κ3) is 3.14. The molecule has 2 heterocycles. The quantitative estimate of drug-likeness (QED) is 0.881. The normalized spacial score (nSPS) is 15.2. The highest BCUT2D eigenvalue weighted by Gasteiger charge is 2.17. The van der Waals surface area contributed by atoms with E-state index in [0.29, 0.717) is 10.8 Å². The van der Waals surface area contributed by atoms with Crippen LogP contribution in [0.15, 0.2) is 24.5 Å². The second-order valence-electron chi connectivity index (χ2n) is 5.72. The van der Waals surface area contributed by atoms with Crippen LogP contribution < -0.4 is 5.32 Å². The van der Waals surface area contributed by atoms with Gasteiger partial charge in [0.15, 0.2) is 0 Å². The van der Waals surface area contributed by atoms with Crippen molar-refractivity contribution in [3.05, 3.63) is 35.4 Å². The van der Waals surface area contributed by atoms with Gasteiger partial charge in [0.05, 0.1) is 6.20 Å². The molecule has 1 aliphatic rings. The summed E-state index contributed by atoms with van der Waals surface area (Å²) in [6, 6.07) is 3.49. The Morgan fingerprint density at radius 3 is 2.86 bits per heavy atom. The van der Waals surface area contributed by atoms with E-state index < -0.39 is 0 Å². The molecule has 3 rings (SSSR count). The summed E-state index contributed by atoms with van der Waals surface area (Å²) in [5.41, 5.74) is 2.04. The highest BCUT2D eigenvalue weighted by atomic mass is 35.5. The van der Waals surface area contributed by atoms with Crippen LogP contribution in [-0.2, 0) is 6.54 Å². The fraction of sp³-hybridized carbons (Fsp3) is 0.438. The van der Waals surface area contributed by atoms with Crippen molar-refractivity contribution in [1.29, 1.82) is 0 Å². The zero-order valence-corrected chi connectivity index (χ0v) is 13.3. The lowest BCUT2D eigenvalue weighted by atomic mass is 10.1. The SMILES string of the molecule is CNC(=O)c1ccc(-c2cnn(CC3CCCC3)c2)c(Cl)n1. The van der Waals surface area contributed by atoms with Gasteiger partial charge in [-0.15, -0.1) is 0 Å². The van der Waals surface area contributed by atoms with Crippen LogP contribution in [0.1, 0.15) is 36.2 Å². The first-order chi connectivity index (χ1) is 10.7. The number of aromatic nitrogens is 3. The molecule has 0 unspecified atom stereocenters. The third-order valence-electron chi connectivity index (χ3n) is 4.17. The number of carbonyl (C=O) groups excluding carboxylic acids is 1. The van der Waals surface area contributed by atoms with E-state index in [9.17, 15) is 4.79 Å². The van der Waals surface area contributed by atoms with Gasteiger partial charge in [-0.25, -0.2) is 4.98 Å². The minimum Gasteiger partial charge on any atom is -0.354 e. The molecule has 0 radical (unpaired) electrons. The van der Waals surface area contributed by atoms with Crippen molar-refractivity contribution in [2.75, 3.05) is 7.05 Å². The zero-order chi connectivity index (χ0) is 15.5. The lowest BCUT2D eigenvalue weighted by molar-refractivity contribution is 0.0958. The smallest absolute Gasteiger partial charge is 0.269 e. The number of amides is 1. The summed E-state index contributed by atoms with van der Waals surface area (Å²) < 4.78 is 1.98. The Kier molecular flexibility index (Phi) is 4.43. The van der Waals surface area contributed by atoms with Gasteiger partial charge in [-0.2, -0.15) is 5.10 Å². The highest BCUT2D eigenvalue weighted by molar-refractivity contribution is 6.32. The van der Waals surface area contributed by atoms with Crippen molar-refractivity contribution < 1.29 is 4.79 Å². The first-order valence-electron chi connectivity index (χ1n) is 7.59. The first kappa shape index (κ1) is 15.0. The summed E-state index contributed by atoms with van der Waals surface area (Å²) in [6.45, 7) is 0.960. The van der Waals surface area contributed by atoms with Crippen molar-refractivity contribution >= 4 is 17.5 Å². The van der Waals surface area contributed by atoms with Crippen LogP contribution in [-0.4, -0.2) is 27.7 Å². The van der Waals surface area contributed by atoms with Gasteiger partial charge in [0.2, 0.25) is 0 Å². The molecule has 1 fully saturated rings. The minimum atomic E-state index is -0.245. The van der Waals surface area contributed by atoms with Crippen molar-refractivity contribution in [3.63, 3.8) is 0 Å². The van der Waals surface area contributed by atoms with Gasteiger partial charge in [0, 0.05) is 30.9 Å². The van der Waals surface area contributed by atoms with Gasteiger partial charge in [0.1, 0.15) is 10.8 Å². The van der Waals surface area contributed by atoms with Crippen LogP contribution in [0.25, 0.3) is 11.1 Å². The molecule has 116 valence electrons. The Balaban J connectivity index is 1.79. The van der Waals surface area contributed by atoms with Crippen LogP contribution in [0.4, 0.5) is 0 Å². The van der Waals surface area contributed by atoms with Gasteiger partial charge in [-0.05, 0) is 30.9 Å². The zero-order valence-electron chi connectivity index (χ0n) is 12.6. The summed E-state index contributed by atoms with van der Waals surface area (Å²) in [6.07, 6.45) is 9.04. The number of nitrogens with zero attached hydrogens (tertiary/aromatic N) is 3. The van der Waals surface area contributed by atoms with E-state index in [2.05, 4.69) is 15.4 Å². The van der Waals surface area contributed by atoms with Crippen LogP contribution in [0.5, 0.6) is 0 Å². The number of carbonyl (C=O) groups is 1. The largest absolute Gasteiger partial charge is 0.354 e. The molecule has 1 aliphatic carbocycles. The summed E-state index contributed by atoms with van der Waals surface area (Å²) in [5.74, 6) is 0.488. The topological polar surface area (TPSA) is 59.8 Å². The van der Waals surface area contributed by atoms with Crippen LogP contribution in [0, 0.1) is 5.92 Å². The Labute approximate surface area is 134 Å². The Morgan fingerprint density at radius 1 is 1.41 bits per heavy atom. The molecule has 0 aromatic carbocycles. The van der Waals surface area contributed by atoms with Gasteiger partial charge >= 0.3 is 0 Å². The lowest BCUT2D eigenvalue weighted by Crippen LogP contribution is -2.19. The Morgan fingerprint density at radius 2 is 2.18 bits per heavy atom. The molecule has 2 aromatic rings. The van der Waals surface area contributed by atoms with Crippen molar-refractivity contribution in [2.45, 2.75) is 32.2 Å². The van der Waals surface area contributed by atoms with E-state index in [-0.39, 0.29) is 5.91 Å². The maximum atomic E-state index is 11.6. The van der Waals surface area contributed by atoms with Crippen LogP contribution in [0.3, 0.4) is 0 Å². The van der Waals surface area contributed by atoms with Crippen molar-refractivity contribution in [1.82, 2.24) is 20.1 Å². The standard InChI is InChI=1S/C16H19ClN4O/c1-18-16(22)14-7-6-13(15(17)20-14)12-8-19-21(10-12)9-11-4-2-3-5-11/h6-8,10-11H,2-5,9H2,1H3,(H,18,22). The summed E-state index contributed by atoms with van der Waals surface area (Å²) in [5, 5.41) is 7.28. The molecule has 1 saturated carbocycles. The summed E-state index contributed by atoms with van der Waals surface area (Å²) >= 11 is 6.22. The molecule has 5 nitrogen and oxygen atoms in total. The Hall–Kier alpha value is -1.88. The van der Waals surface area contributed by atoms with Gasteiger partial charge in [-0.3, -0.25) is 9.48 Å². The van der Waals surface area contributed by atoms with Crippen LogP contribution in [0.2, 0.25) is 5.15 Å². The highest BCUT2D eigenvalue weighted by Crippen LogP contribution is 2.29. The van der Waals surface area contributed by atoms with E-state index >= 15 is 0 Å². The van der Waals surface area contributed by atoms with E-state index in [1.807, 2.05) is 16.9 Å². The molecular weight excluding hydrogens is 300 g/mol. The van der Waals surface area contributed by atoms with E-state index in [0.717, 1.165) is 23.6 Å². The fourth-order valence-electron chi connectivity index (χ4n) is 2.96. The molecule has 0 spiro atoms. The van der Waals surface area contributed by atoms with Gasteiger partial charge < -0.3 is 5.32 Å². The second kappa shape index (κ2) is 6.48. The number of nitrogens with one attached hydrogen (secondary N) is 1. The molecule has 22 heavy (non-hydrogen) atoms.